The summed E-state index contributed by atoms with van der Waals surface area (Å²) >= 11 is 0. The van der Waals surface area contributed by atoms with Gasteiger partial charge in [0.1, 0.15) is 11.6 Å². The number of benzene rings is 1. The molecule has 3 aromatic rings. The molecule has 8 nitrogen and oxygen atoms in total. The van der Waals surface area contributed by atoms with Crippen LogP contribution in [0.1, 0.15) is 12.8 Å². The summed E-state index contributed by atoms with van der Waals surface area (Å²) in [7, 11) is 0. The number of amides is 1. The molecule has 1 atom stereocenters. The Kier molecular flexibility index (Phi) is 3.43. The first-order chi connectivity index (χ1) is 11.3. The fourth-order valence-electron chi connectivity index (χ4n) is 2.54. The number of nitrogens with one attached hydrogen (secondary N) is 1. The maximum absolute atomic E-state index is 12.1. The van der Waals surface area contributed by atoms with E-state index >= 15 is 0 Å². The maximum atomic E-state index is 12.1. The summed E-state index contributed by atoms with van der Waals surface area (Å²) in [6.07, 6.45) is 2.77. The zero-order chi connectivity index (χ0) is 15.6. The van der Waals surface area contributed by atoms with Crippen LogP contribution in [-0.2, 0) is 9.53 Å². The molecule has 0 aliphatic carbocycles. The lowest BCUT2D eigenvalue weighted by molar-refractivity contribution is -0.124. The van der Waals surface area contributed by atoms with Gasteiger partial charge in [-0.3, -0.25) is 10.1 Å². The third-order valence-corrected chi connectivity index (χ3v) is 3.67. The number of hydrogen-bond acceptors (Lipinski definition) is 6. The zero-order valence-electron chi connectivity index (χ0n) is 12.2. The third kappa shape index (κ3) is 2.64. The van der Waals surface area contributed by atoms with Crippen LogP contribution >= 0.6 is 0 Å². The van der Waals surface area contributed by atoms with E-state index in [0.29, 0.717) is 12.4 Å². The van der Waals surface area contributed by atoms with E-state index in [-0.39, 0.29) is 11.9 Å². The molecule has 1 fully saturated rings. The van der Waals surface area contributed by atoms with Gasteiger partial charge in [0.2, 0.25) is 5.95 Å². The van der Waals surface area contributed by atoms with E-state index < -0.39 is 6.10 Å². The summed E-state index contributed by atoms with van der Waals surface area (Å²) < 4.78 is 6.96. The van der Waals surface area contributed by atoms with Gasteiger partial charge in [-0.25, -0.2) is 4.98 Å². The standard InChI is InChI=1S/C15H14N6O2/c22-14(12-6-3-9-23-12)18-15-16-8-7-13(17-15)21-11-5-2-1-4-10(11)19-20-21/h1-2,4-5,7-8,12H,3,6,9H2,(H,16,17,18,22). The van der Waals surface area contributed by atoms with E-state index in [1.54, 1.807) is 16.9 Å². The molecule has 1 amide bonds. The van der Waals surface area contributed by atoms with Crippen molar-refractivity contribution in [1.82, 2.24) is 25.0 Å². The Balaban J connectivity index is 1.62. The number of anilines is 1. The third-order valence-electron chi connectivity index (χ3n) is 3.67. The van der Waals surface area contributed by atoms with Crippen LogP contribution in [0.15, 0.2) is 36.5 Å². The van der Waals surface area contributed by atoms with Crippen molar-refractivity contribution in [3.05, 3.63) is 36.5 Å². The van der Waals surface area contributed by atoms with Crippen LogP contribution in [0.5, 0.6) is 0 Å². The smallest absolute Gasteiger partial charge is 0.255 e. The van der Waals surface area contributed by atoms with Gasteiger partial charge in [0.25, 0.3) is 5.91 Å². The molecule has 0 radical (unpaired) electrons. The maximum Gasteiger partial charge on any atom is 0.255 e. The molecule has 8 heteroatoms. The Labute approximate surface area is 131 Å². The molecule has 0 bridgehead atoms. The van der Waals surface area contributed by atoms with Crippen molar-refractivity contribution in [1.29, 1.82) is 0 Å². The number of ether oxygens (including phenoxy) is 1. The van der Waals surface area contributed by atoms with Crippen molar-refractivity contribution in [3.8, 4) is 5.82 Å². The van der Waals surface area contributed by atoms with Crippen LogP contribution in [0.25, 0.3) is 16.9 Å². The van der Waals surface area contributed by atoms with Crippen molar-refractivity contribution in [2.45, 2.75) is 18.9 Å². The molecule has 1 aliphatic heterocycles. The molecule has 0 saturated carbocycles. The second-order valence-corrected chi connectivity index (χ2v) is 5.22. The fourth-order valence-corrected chi connectivity index (χ4v) is 2.54. The summed E-state index contributed by atoms with van der Waals surface area (Å²) in [5.74, 6) is 0.544. The Morgan fingerprint density at radius 3 is 3.09 bits per heavy atom. The summed E-state index contributed by atoms with van der Waals surface area (Å²) in [6.45, 7) is 0.615. The molecule has 4 rings (SSSR count). The molecule has 23 heavy (non-hydrogen) atoms. The highest BCUT2D eigenvalue weighted by molar-refractivity contribution is 5.92. The van der Waals surface area contributed by atoms with Gasteiger partial charge in [-0.2, -0.15) is 9.67 Å². The number of aromatic nitrogens is 5. The molecule has 1 aromatic carbocycles. The van der Waals surface area contributed by atoms with E-state index in [1.807, 2.05) is 24.3 Å². The largest absolute Gasteiger partial charge is 0.368 e. The summed E-state index contributed by atoms with van der Waals surface area (Å²) in [5.41, 5.74) is 1.61. The number of hydrogen-bond donors (Lipinski definition) is 1. The summed E-state index contributed by atoms with van der Waals surface area (Å²) in [6, 6.07) is 9.29. The molecule has 116 valence electrons. The summed E-state index contributed by atoms with van der Waals surface area (Å²) in [5, 5.41) is 10.9. The Morgan fingerprint density at radius 1 is 1.30 bits per heavy atom. The van der Waals surface area contributed by atoms with E-state index in [1.165, 1.54) is 0 Å². The normalized spacial score (nSPS) is 17.5. The Hall–Kier alpha value is -2.87. The molecule has 2 aromatic heterocycles. The van der Waals surface area contributed by atoms with Gasteiger partial charge in [-0.05, 0) is 25.0 Å². The van der Waals surface area contributed by atoms with E-state index in [4.69, 9.17) is 4.74 Å². The second-order valence-electron chi connectivity index (χ2n) is 5.22. The molecule has 1 N–H and O–H groups in total. The number of rotatable bonds is 3. The molecular formula is C15H14N6O2. The molecule has 1 saturated heterocycles. The van der Waals surface area contributed by atoms with Gasteiger partial charge < -0.3 is 4.74 Å². The van der Waals surface area contributed by atoms with Crippen LogP contribution in [0, 0.1) is 0 Å². The van der Waals surface area contributed by atoms with Gasteiger partial charge >= 0.3 is 0 Å². The van der Waals surface area contributed by atoms with Crippen molar-refractivity contribution < 1.29 is 9.53 Å². The fraction of sp³-hybridized carbons (Fsp3) is 0.267. The average Bonchev–Trinajstić information content (AvgIpc) is 3.25. The zero-order valence-corrected chi connectivity index (χ0v) is 12.2. The molecular weight excluding hydrogens is 296 g/mol. The minimum atomic E-state index is -0.422. The number of fused-ring (bicyclic) bond motifs is 1. The van der Waals surface area contributed by atoms with Gasteiger partial charge in [-0.1, -0.05) is 17.3 Å². The average molecular weight is 310 g/mol. The monoisotopic (exact) mass is 310 g/mol. The lowest BCUT2D eigenvalue weighted by atomic mass is 10.2. The minimum absolute atomic E-state index is 0.219. The lowest BCUT2D eigenvalue weighted by Gasteiger charge is -2.09. The second kappa shape index (κ2) is 5.73. The molecule has 1 unspecified atom stereocenters. The van der Waals surface area contributed by atoms with Gasteiger partial charge in [0.05, 0.1) is 5.52 Å². The highest BCUT2D eigenvalue weighted by Gasteiger charge is 2.24. The molecule has 3 heterocycles. The first kappa shape index (κ1) is 13.8. The summed E-state index contributed by atoms with van der Waals surface area (Å²) in [4.78, 5) is 20.5. The minimum Gasteiger partial charge on any atom is -0.368 e. The Morgan fingerprint density at radius 2 is 2.22 bits per heavy atom. The lowest BCUT2D eigenvalue weighted by Crippen LogP contribution is -2.27. The quantitative estimate of drug-likeness (QED) is 0.784. The first-order valence-corrected chi connectivity index (χ1v) is 7.37. The van der Waals surface area contributed by atoms with Crippen LogP contribution in [0.3, 0.4) is 0 Å². The number of nitrogens with zero attached hydrogens (tertiary/aromatic N) is 5. The number of para-hydroxylation sites is 1. The predicted octanol–water partition coefficient (Wildman–Crippen LogP) is 1.33. The van der Waals surface area contributed by atoms with Crippen molar-refractivity contribution in [2.75, 3.05) is 11.9 Å². The Bertz CT molecular complexity index is 856. The SMILES string of the molecule is O=C(Nc1nccc(-n2nnc3ccccc32)n1)C1CCCO1. The predicted molar refractivity (Wildman–Crippen MR) is 82.1 cm³/mol. The van der Waals surface area contributed by atoms with Gasteiger partial charge in [0, 0.05) is 18.9 Å². The van der Waals surface area contributed by atoms with Crippen molar-refractivity contribution in [2.24, 2.45) is 0 Å². The van der Waals surface area contributed by atoms with Crippen LogP contribution in [0.2, 0.25) is 0 Å². The van der Waals surface area contributed by atoms with Crippen molar-refractivity contribution in [3.63, 3.8) is 0 Å². The van der Waals surface area contributed by atoms with E-state index in [2.05, 4.69) is 25.6 Å². The van der Waals surface area contributed by atoms with E-state index in [9.17, 15) is 4.79 Å². The highest BCUT2D eigenvalue weighted by atomic mass is 16.5. The molecule has 1 aliphatic rings. The van der Waals surface area contributed by atoms with Crippen LogP contribution in [0.4, 0.5) is 5.95 Å². The topological polar surface area (TPSA) is 94.8 Å². The van der Waals surface area contributed by atoms with Crippen molar-refractivity contribution >= 4 is 22.9 Å². The molecule has 0 spiro atoms. The first-order valence-electron chi connectivity index (χ1n) is 7.37. The number of carbonyl (C=O) groups is 1. The number of carbonyl (C=O) groups excluding carboxylic acids is 1. The van der Waals surface area contributed by atoms with E-state index in [0.717, 1.165) is 23.9 Å². The van der Waals surface area contributed by atoms with Crippen LogP contribution < -0.4 is 5.32 Å². The van der Waals surface area contributed by atoms with Crippen LogP contribution in [-0.4, -0.2) is 43.6 Å². The van der Waals surface area contributed by atoms with Gasteiger partial charge in [-0.15, -0.1) is 5.10 Å². The highest BCUT2D eigenvalue weighted by Crippen LogP contribution is 2.16. The van der Waals surface area contributed by atoms with Gasteiger partial charge in [0.15, 0.2) is 5.82 Å².